The molecule has 0 heterocycles. The van der Waals surface area contributed by atoms with Gasteiger partial charge in [-0.05, 0) is 85.7 Å². The van der Waals surface area contributed by atoms with Crippen molar-refractivity contribution in [3.05, 3.63) is 50.1 Å². The first kappa shape index (κ1) is 25.9. The first-order chi connectivity index (χ1) is 15.2. The molecule has 0 atom stereocenters. The second-order valence-corrected chi connectivity index (χ2v) is 8.80. The molecule has 0 saturated heterocycles. The van der Waals surface area contributed by atoms with Crippen molar-refractivity contribution in [3.8, 4) is 11.5 Å². The standard InChI is InChI=1S/C23H27ClIN3O4/c1-5-31-20-11-16(10-19(25)23(20)32-14(2)3)13-26-28-22(30)9-8-21(29)27-17-7-6-15(4)18(24)12-17/h6-7,10-14H,5,8-9H2,1-4H3,(H,27,29)(H,28,30). The van der Waals surface area contributed by atoms with E-state index in [1.165, 1.54) is 6.21 Å². The molecule has 0 fully saturated rings. The van der Waals surface area contributed by atoms with Gasteiger partial charge in [0.1, 0.15) is 0 Å². The maximum atomic E-state index is 12.1. The highest BCUT2D eigenvalue weighted by atomic mass is 127. The fraction of sp³-hybridized carbons (Fsp3) is 0.348. The van der Waals surface area contributed by atoms with Crippen LogP contribution in [0.2, 0.25) is 5.02 Å². The number of carbonyl (C=O) groups is 2. The normalized spacial score (nSPS) is 11.0. The van der Waals surface area contributed by atoms with Gasteiger partial charge in [-0.2, -0.15) is 5.10 Å². The van der Waals surface area contributed by atoms with Crippen molar-refractivity contribution in [2.45, 2.75) is 46.6 Å². The van der Waals surface area contributed by atoms with E-state index in [0.717, 1.165) is 14.7 Å². The molecule has 2 amide bonds. The number of amides is 2. The summed E-state index contributed by atoms with van der Waals surface area (Å²) >= 11 is 8.23. The van der Waals surface area contributed by atoms with Gasteiger partial charge in [0, 0.05) is 23.6 Å². The fourth-order valence-electron chi connectivity index (χ4n) is 2.63. The maximum absolute atomic E-state index is 12.1. The van der Waals surface area contributed by atoms with E-state index >= 15 is 0 Å². The van der Waals surface area contributed by atoms with Crippen LogP contribution in [0.3, 0.4) is 0 Å². The van der Waals surface area contributed by atoms with Gasteiger partial charge >= 0.3 is 0 Å². The Bertz CT molecular complexity index is 995. The molecule has 32 heavy (non-hydrogen) atoms. The summed E-state index contributed by atoms with van der Waals surface area (Å²) in [5.74, 6) is 0.664. The molecule has 0 spiro atoms. The monoisotopic (exact) mass is 571 g/mol. The lowest BCUT2D eigenvalue weighted by Gasteiger charge is -2.16. The molecule has 0 aliphatic carbocycles. The zero-order valence-corrected chi connectivity index (χ0v) is 21.4. The van der Waals surface area contributed by atoms with Gasteiger partial charge in [0.25, 0.3) is 0 Å². The number of aryl methyl sites for hydroxylation is 1. The van der Waals surface area contributed by atoms with Gasteiger partial charge in [-0.1, -0.05) is 17.7 Å². The molecule has 0 saturated carbocycles. The molecule has 2 rings (SSSR count). The van der Waals surface area contributed by atoms with Gasteiger partial charge in [0.05, 0.1) is 22.5 Å². The predicted octanol–water partition coefficient (Wildman–Crippen LogP) is 5.31. The molecule has 0 aliphatic rings. The lowest BCUT2D eigenvalue weighted by molar-refractivity contribution is -0.124. The van der Waals surface area contributed by atoms with Gasteiger partial charge in [-0.3, -0.25) is 9.59 Å². The molecule has 0 aromatic heterocycles. The summed E-state index contributed by atoms with van der Waals surface area (Å²) in [7, 11) is 0. The average Bonchev–Trinajstić information content (AvgIpc) is 2.72. The molecule has 9 heteroatoms. The van der Waals surface area contributed by atoms with E-state index in [2.05, 4.69) is 38.4 Å². The first-order valence-electron chi connectivity index (χ1n) is 10.2. The first-order valence-corrected chi connectivity index (χ1v) is 11.7. The number of anilines is 1. The number of nitrogens with zero attached hydrogens (tertiary/aromatic N) is 1. The van der Waals surface area contributed by atoms with Gasteiger partial charge < -0.3 is 14.8 Å². The Kier molecular flexibility index (Phi) is 10.2. The highest BCUT2D eigenvalue weighted by Crippen LogP contribution is 2.34. The Morgan fingerprint density at radius 3 is 2.56 bits per heavy atom. The van der Waals surface area contributed by atoms with Crippen LogP contribution >= 0.6 is 34.2 Å². The van der Waals surface area contributed by atoms with Crippen molar-refractivity contribution >= 4 is 57.9 Å². The molecule has 172 valence electrons. The number of hydrogen-bond donors (Lipinski definition) is 2. The van der Waals surface area contributed by atoms with E-state index in [4.69, 9.17) is 21.1 Å². The third kappa shape index (κ3) is 8.31. The van der Waals surface area contributed by atoms with Crippen LogP contribution in [0.5, 0.6) is 11.5 Å². The fourth-order valence-corrected chi connectivity index (χ4v) is 3.56. The summed E-state index contributed by atoms with van der Waals surface area (Å²) in [5, 5.41) is 7.28. The topological polar surface area (TPSA) is 89.0 Å². The number of benzene rings is 2. The lowest BCUT2D eigenvalue weighted by atomic mass is 10.2. The Labute approximate surface area is 207 Å². The van der Waals surface area contributed by atoms with Crippen LogP contribution in [0, 0.1) is 10.5 Å². The number of rotatable bonds is 10. The minimum absolute atomic E-state index is 0.00562. The molecule has 0 radical (unpaired) electrons. The Morgan fingerprint density at radius 1 is 1.19 bits per heavy atom. The summed E-state index contributed by atoms with van der Waals surface area (Å²) in [4.78, 5) is 24.1. The van der Waals surface area contributed by atoms with Crippen LogP contribution < -0.4 is 20.2 Å². The zero-order chi connectivity index (χ0) is 23.7. The maximum Gasteiger partial charge on any atom is 0.240 e. The Balaban J connectivity index is 1.89. The molecule has 0 aliphatic heterocycles. The molecule has 0 bridgehead atoms. The molecule has 2 N–H and O–H groups in total. The van der Waals surface area contributed by atoms with Crippen molar-refractivity contribution in [2.24, 2.45) is 5.10 Å². The highest BCUT2D eigenvalue weighted by molar-refractivity contribution is 14.1. The quantitative estimate of drug-likeness (QED) is 0.230. The SMILES string of the molecule is CCOc1cc(C=NNC(=O)CCC(=O)Nc2ccc(C)c(Cl)c2)cc(I)c1OC(C)C. The summed E-state index contributed by atoms with van der Waals surface area (Å²) in [6.07, 6.45) is 1.57. The molecule has 0 unspecified atom stereocenters. The number of hydrogen-bond acceptors (Lipinski definition) is 5. The highest BCUT2D eigenvalue weighted by Gasteiger charge is 2.13. The van der Waals surface area contributed by atoms with Crippen LogP contribution in [-0.2, 0) is 9.59 Å². The minimum Gasteiger partial charge on any atom is -0.490 e. The van der Waals surface area contributed by atoms with Crippen LogP contribution in [0.15, 0.2) is 35.4 Å². The van der Waals surface area contributed by atoms with Crippen molar-refractivity contribution in [1.82, 2.24) is 5.43 Å². The van der Waals surface area contributed by atoms with E-state index in [0.29, 0.717) is 28.8 Å². The Morgan fingerprint density at radius 2 is 1.91 bits per heavy atom. The van der Waals surface area contributed by atoms with Gasteiger partial charge in [0.15, 0.2) is 11.5 Å². The number of carbonyl (C=O) groups excluding carboxylic acids is 2. The van der Waals surface area contributed by atoms with Crippen molar-refractivity contribution in [2.75, 3.05) is 11.9 Å². The van der Waals surface area contributed by atoms with Crippen molar-refractivity contribution < 1.29 is 19.1 Å². The van der Waals surface area contributed by atoms with E-state index < -0.39 is 0 Å². The number of ether oxygens (including phenoxy) is 2. The van der Waals surface area contributed by atoms with Gasteiger partial charge in [0.2, 0.25) is 11.8 Å². The second-order valence-electron chi connectivity index (χ2n) is 7.23. The van der Waals surface area contributed by atoms with E-state index in [-0.39, 0.29) is 30.8 Å². The number of halogens is 2. The van der Waals surface area contributed by atoms with Gasteiger partial charge in [-0.15, -0.1) is 0 Å². The summed E-state index contributed by atoms with van der Waals surface area (Å²) < 4.78 is 12.4. The third-order valence-electron chi connectivity index (χ3n) is 4.12. The summed E-state index contributed by atoms with van der Waals surface area (Å²) in [6.45, 7) is 8.18. The van der Waals surface area contributed by atoms with Crippen LogP contribution in [0.1, 0.15) is 44.7 Å². The van der Waals surface area contributed by atoms with E-state index in [1.54, 1.807) is 18.2 Å². The average molecular weight is 572 g/mol. The Hall–Kier alpha value is -2.33. The van der Waals surface area contributed by atoms with E-state index in [1.807, 2.05) is 39.8 Å². The smallest absolute Gasteiger partial charge is 0.240 e. The largest absolute Gasteiger partial charge is 0.490 e. The van der Waals surface area contributed by atoms with Crippen molar-refractivity contribution in [1.29, 1.82) is 0 Å². The van der Waals surface area contributed by atoms with Crippen LogP contribution in [0.4, 0.5) is 5.69 Å². The second kappa shape index (κ2) is 12.6. The zero-order valence-electron chi connectivity index (χ0n) is 18.5. The van der Waals surface area contributed by atoms with E-state index in [9.17, 15) is 9.59 Å². The third-order valence-corrected chi connectivity index (χ3v) is 5.33. The number of nitrogens with one attached hydrogen (secondary N) is 2. The lowest BCUT2D eigenvalue weighted by Crippen LogP contribution is -2.20. The van der Waals surface area contributed by atoms with Gasteiger partial charge in [-0.25, -0.2) is 5.43 Å². The summed E-state index contributed by atoms with van der Waals surface area (Å²) in [6, 6.07) is 8.95. The molecule has 7 nitrogen and oxygen atoms in total. The van der Waals surface area contributed by atoms with Crippen molar-refractivity contribution in [3.63, 3.8) is 0 Å². The molecular weight excluding hydrogens is 545 g/mol. The molecule has 2 aromatic carbocycles. The molecular formula is C23H27ClIN3O4. The minimum atomic E-state index is -0.363. The van der Waals surface area contributed by atoms with Crippen LogP contribution in [-0.4, -0.2) is 30.7 Å². The summed E-state index contributed by atoms with van der Waals surface area (Å²) in [5.41, 5.74) is 4.71. The number of hydrazone groups is 1. The molecule has 2 aromatic rings. The predicted molar refractivity (Wildman–Crippen MR) is 136 cm³/mol. The van der Waals surface area contributed by atoms with Crippen LogP contribution in [0.25, 0.3) is 0 Å².